The molecule has 1 aromatic rings. The molecule has 1 aliphatic carbocycles. The van der Waals surface area contributed by atoms with E-state index in [9.17, 15) is 4.79 Å². The molecule has 15 heavy (non-hydrogen) atoms. The summed E-state index contributed by atoms with van der Waals surface area (Å²) in [5.41, 5.74) is 2.27. The van der Waals surface area contributed by atoms with E-state index in [-0.39, 0.29) is 5.78 Å². The predicted molar refractivity (Wildman–Crippen MR) is 58.4 cm³/mol. The minimum atomic E-state index is 0.264. The van der Waals surface area contributed by atoms with Gasteiger partial charge in [0.05, 0.1) is 5.69 Å². The van der Waals surface area contributed by atoms with Gasteiger partial charge in [0, 0.05) is 26.1 Å². The average molecular weight is 204 g/mol. The molecule has 1 aliphatic rings. The van der Waals surface area contributed by atoms with Gasteiger partial charge < -0.3 is 0 Å². The molecule has 0 fully saturated rings. The van der Waals surface area contributed by atoms with E-state index in [0.717, 1.165) is 18.5 Å². The number of carbonyl (C=O) groups excluding carboxylic acids is 1. The molecule has 0 spiro atoms. The summed E-state index contributed by atoms with van der Waals surface area (Å²) in [5.74, 6) is 0.751. The first kappa shape index (κ1) is 10.1. The molecule has 0 amide bonds. The van der Waals surface area contributed by atoms with Gasteiger partial charge in [-0.15, -0.1) is 0 Å². The van der Waals surface area contributed by atoms with Crippen molar-refractivity contribution in [1.29, 1.82) is 0 Å². The number of hydrogen-bond donors (Lipinski definition) is 0. The van der Waals surface area contributed by atoms with Crippen molar-refractivity contribution in [3.63, 3.8) is 0 Å². The fraction of sp³-hybridized carbons (Fsp3) is 0.500. The Morgan fingerprint density at radius 1 is 1.53 bits per heavy atom. The summed E-state index contributed by atoms with van der Waals surface area (Å²) in [6, 6.07) is 2.00. The standard InChI is InChI=1S/C12H16N2O/c1-9-5-10(8-12(15)6-9)7-11-3-4-14(2)13-11/h3-4,8-9H,5-7H2,1-2H3. The van der Waals surface area contributed by atoms with Gasteiger partial charge in [-0.25, -0.2) is 0 Å². The Balaban J connectivity index is 2.09. The van der Waals surface area contributed by atoms with E-state index in [2.05, 4.69) is 12.0 Å². The molecule has 0 bridgehead atoms. The number of nitrogens with zero attached hydrogens (tertiary/aromatic N) is 2. The van der Waals surface area contributed by atoms with E-state index in [4.69, 9.17) is 0 Å². The molecule has 3 heteroatoms. The van der Waals surface area contributed by atoms with Gasteiger partial charge in [0.15, 0.2) is 5.78 Å². The highest BCUT2D eigenvalue weighted by atomic mass is 16.1. The van der Waals surface area contributed by atoms with Crippen LogP contribution in [0.15, 0.2) is 23.9 Å². The lowest BCUT2D eigenvalue weighted by atomic mass is 9.87. The maximum atomic E-state index is 11.4. The minimum absolute atomic E-state index is 0.264. The third-order valence-corrected chi connectivity index (χ3v) is 2.70. The smallest absolute Gasteiger partial charge is 0.155 e. The third kappa shape index (κ3) is 2.55. The summed E-state index contributed by atoms with van der Waals surface area (Å²) < 4.78 is 1.80. The van der Waals surface area contributed by atoms with Crippen LogP contribution in [0.4, 0.5) is 0 Å². The maximum Gasteiger partial charge on any atom is 0.155 e. The molecule has 0 aliphatic heterocycles. The van der Waals surface area contributed by atoms with Crippen LogP contribution in [-0.4, -0.2) is 15.6 Å². The predicted octanol–water partition coefficient (Wildman–Crippen LogP) is 1.89. The van der Waals surface area contributed by atoms with Gasteiger partial charge in [-0.05, 0) is 24.5 Å². The Bertz CT molecular complexity index is 404. The summed E-state index contributed by atoms with van der Waals surface area (Å²) in [7, 11) is 1.91. The summed E-state index contributed by atoms with van der Waals surface area (Å²) in [6.45, 7) is 2.13. The Morgan fingerprint density at radius 2 is 2.33 bits per heavy atom. The van der Waals surface area contributed by atoms with Crippen molar-refractivity contribution < 1.29 is 4.79 Å². The minimum Gasteiger partial charge on any atom is -0.295 e. The van der Waals surface area contributed by atoms with Gasteiger partial charge in [-0.2, -0.15) is 5.10 Å². The number of aromatic nitrogens is 2. The normalized spacial score (nSPS) is 21.6. The summed E-state index contributed by atoms with van der Waals surface area (Å²) in [6.07, 6.45) is 6.28. The zero-order chi connectivity index (χ0) is 10.8. The Labute approximate surface area is 89.8 Å². The van der Waals surface area contributed by atoms with E-state index in [0.29, 0.717) is 12.3 Å². The monoisotopic (exact) mass is 204 g/mol. The van der Waals surface area contributed by atoms with E-state index in [1.807, 2.05) is 19.3 Å². The molecule has 1 atom stereocenters. The van der Waals surface area contributed by atoms with Crippen LogP contribution < -0.4 is 0 Å². The first-order chi connectivity index (χ1) is 7.13. The van der Waals surface area contributed by atoms with Crippen LogP contribution in [0.1, 0.15) is 25.5 Å². The lowest BCUT2D eigenvalue weighted by Crippen LogP contribution is -2.12. The Morgan fingerprint density at radius 3 is 2.93 bits per heavy atom. The highest BCUT2D eigenvalue weighted by molar-refractivity contribution is 5.91. The number of allylic oxidation sites excluding steroid dienone is 2. The van der Waals surface area contributed by atoms with Crippen LogP contribution in [0.25, 0.3) is 0 Å². The fourth-order valence-corrected chi connectivity index (χ4v) is 2.12. The molecule has 2 rings (SSSR count). The second-order valence-corrected chi connectivity index (χ2v) is 4.44. The molecule has 1 heterocycles. The van der Waals surface area contributed by atoms with Crippen LogP contribution >= 0.6 is 0 Å². The molecular weight excluding hydrogens is 188 g/mol. The average Bonchev–Trinajstić information content (AvgIpc) is 2.49. The van der Waals surface area contributed by atoms with Gasteiger partial charge in [0.1, 0.15) is 0 Å². The molecule has 0 radical (unpaired) electrons. The van der Waals surface area contributed by atoms with Crippen molar-refractivity contribution in [3.8, 4) is 0 Å². The summed E-state index contributed by atoms with van der Waals surface area (Å²) in [5, 5.41) is 4.32. The van der Waals surface area contributed by atoms with E-state index in [1.54, 1.807) is 10.8 Å². The van der Waals surface area contributed by atoms with Crippen molar-refractivity contribution in [2.75, 3.05) is 0 Å². The lowest BCUT2D eigenvalue weighted by Gasteiger charge is -2.17. The summed E-state index contributed by atoms with van der Waals surface area (Å²) in [4.78, 5) is 11.4. The van der Waals surface area contributed by atoms with Gasteiger partial charge in [0.25, 0.3) is 0 Å². The third-order valence-electron chi connectivity index (χ3n) is 2.70. The van der Waals surface area contributed by atoms with Gasteiger partial charge in [-0.3, -0.25) is 9.48 Å². The van der Waals surface area contributed by atoms with Gasteiger partial charge in [0.2, 0.25) is 0 Å². The van der Waals surface area contributed by atoms with Crippen LogP contribution in [-0.2, 0) is 18.3 Å². The quantitative estimate of drug-likeness (QED) is 0.737. The molecule has 3 nitrogen and oxygen atoms in total. The van der Waals surface area contributed by atoms with E-state index in [1.165, 1.54) is 5.57 Å². The second kappa shape index (κ2) is 4.01. The van der Waals surface area contributed by atoms with Crippen LogP contribution in [0.5, 0.6) is 0 Å². The molecule has 0 N–H and O–H groups in total. The largest absolute Gasteiger partial charge is 0.295 e. The molecule has 80 valence electrons. The Kier molecular flexibility index (Phi) is 2.71. The van der Waals surface area contributed by atoms with Crippen molar-refractivity contribution in [3.05, 3.63) is 29.6 Å². The zero-order valence-electron chi connectivity index (χ0n) is 9.23. The van der Waals surface area contributed by atoms with Gasteiger partial charge >= 0.3 is 0 Å². The maximum absolute atomic E-state index is 11.4. The first-order valence-electron chi connectivity index (χ1n) is 5.34. The molecular formula is C12H16N2O. The highest BCUT2D eigenvalue weighted by Gasteiger charge is 2.17. The molecule has 1 unspecified atom stereocenters. The van der Waals surface area contributed by atoms with Crippen molar-refractivity contribution in [1.82, 2.24) is 9.78 Å². The number of rotatable bonds is 2. The molecule has 0 saturated carbocycles. The summed E-state index contributed by atoms with van der Waals surface area (Å²) >= 11 is 0. The number of carbonyl (C=O) groups is 1. The van der Waals surface area contributed by atoms with E-state index < -0.39 is 0 Å². The number of hydrogen-bond acceptors (Lipinski definition) is 2. The SMILES string of the molecule is CC1CC(=O)C=C(Cc2ccn(C)n2)C1. The van der Waals surface area contributed by atoms with Gasteiger partial charge in [-0.1, -0.05) is 12.5 Å². The van der Waals surface area contributed by atoms with Crippen molar-refractivity contribution in [2.24, 2.45) is 13.0 Å². The second-order valence-electron chi connectivity index (χ2n) is 4.44. The molecule has 0 saturated heterocycles. The fourth-order valence-electron chi connectivity index (χ4n) is 2.12. The molecule has 0 aromatic carbocycles. The zero-order valence-corrected chi connectivity index (χ0v) is 9.23. The van der Waals surface area contributed by atoms with Crippen molar-refractivity contribution in [2.45, 2.75) is 26.2 Å². The van der Waals surface area contributed by atoms with Crippen LogP contribution in [0, 0.1) is 5.92 Å². The van der Waals surface area contributed by atoms with Crippen LogP contribution in [0.3, 0.4) is 0 Å². The van der Waals surface area contributed by atoms with Crippen LogP contribution in [0.2, 0.25) is 0 Å². The Hall–Kier alpha value is -1.38. The van der Waals surface area contributed by atoms with Crippen molar-refractivity contribution >= 4 is 5.78 Å². The number of ketones is 1. The first-order valence-corrected chi connectivity index (χ1v) is 5.34. The lowest BCUT2D eigenvalue weighted by molar-refractivity contribution is -0.115. The van der Waals surface area contributed by atoms with E-state index >= 15 is 0 Å². The topological polar surface area (TPSA) is 34.9 Å². The highest BCUT2D eigenvalue weighted by Crippen LogP contribution is 2.23. The molecule has 1 aromatic heterocycles. The number of aryl methyl sites for hydroxylation is 1.